The molecule has 0 amide bonds. The van der Waals surface area contributed by atoms with Crippen molar-refractivity contribution in [2.75, 3.05) is 0 Å². The van der Waals surface area contributed by atoms with E-state index in [1.165, 1.54) is 22.3 Å². The van der Waals surface area contributed by atoms with Gasteiger partial charge in [-0.05, 0) is 66.7 Å². The van der Waals surface area contributed by atoms with Crippen molar-refractivity contribution in [1.82, 2.24) is 0 Å². The van der Waals surface area contributed by atoms with Gasteiger partial charge >= 0.3 is 0 Å². The molecule has 87 valence electrons. The van der Waals surface area contributed by atoms with Gasteiger partial charge in [-0.1, -0.05) is 32.9 Å². The van der Waals surface area contributed by atoms with Gasteiger partial charge in [0.2, 0.25) is 0 Å². The zero-order valence-electron chi connectivity index (χ0n) is 11.2. The lowest BCUT2D eigenvalue weighted by molar-refractivity contribution is 0.287. The molecular weight excluding hydrogens is 192 g/mol. The zero-order chi connectivity index (χ0) is 12.0. The predicted molar refractivity (Wildman–Crippen MR) is 70.8 cm³/mol. The molecule has 1 aliphatic rings. The van der Waals surface area contributed by atoms with E-state index in [2.05, 4.69) is 53.7 Å². The lowest BCUT2D eigenvalue weighted by Gasteiger charge is -2.39. The highest BCUT2D eigenvalue weighted by Gasteiger charge is 2.33. The van der Waals surface area contributed by atoms with E-state index in [0.717, 1.165) is 5.92 Å². The molecule has 4 unspecified atom stereocenters. The molecule has 0 N–H and O–H groups in total. The van der Waals surface area contributed by atoms with Crippen molar-refractivity contribution in [1.29, 1.82) is 0 Å². The second kappa shape index (κ2) is 3.91. The smallest absolute Gasteiger partial charge is 0.0130 e. The zero-order valence-corrected chi connectivity index (χ0v) is 11.2. The number of benzene rings is 1. The Kier molecular flexibility index (Phi) is 2.86. The van der Waals surface area contributed by atoms with Crippen molar-refractivity contribution >= 4 is 0 Å². The van der Waals surface area contributed by atoms with Crippen LogP contribution in [-0.2, 0) is 0 Å². The summed E-state index contributed by atoms with van der Waals surface area (Å²) in [5, 5.41) is 0. The first-order valence-corrected chi connectivity index (χ1v) is 6.37. The first kappa shape index (κ1) is 11.7. The van der Waals surface area contributed by atoms with Crippen molar-refractivity contribution in [3.63, 3.8) is 0 Å². The minimum absolute atomic E-state index is 0.459. The third-order valence-electron chi connectivity index (χ3n) is 4.84. The maximum Gasteiger partial charge on any atom is -0.0130 e. The summed E-state index contributed by atoms with van der Waals surface area (Å²) in [4.78, 5) is 0. The Labute approximate surface area is 100 Å². The molecule has 0 aliphatic heterocycles. The van der Waals surface area contributed by atoms with Gasteiger partial charge in [-0.2, -0.15) is 0 Å². The predicted octanol–water partition coefficient (Wildman–Crippen LogP) is 4.61. The highest BCUT2D eigenvalue weighted by atomic mass is 14.4. The molecule has 0 saturated heterocycles. The number of fused-ring (bicyclic) bond motifs is 1. The number of rotatable bonds is 0. The standard InChI is InChI=1S/C16H23/c1-9-7-15-13(5)11(3)12(4)14(6)16(15)8-10(9)2/h7-8,11-14H,5H2,1-4,6H3. The summed E-state index contributed by atoms with van der Waals surface area (Å²) in [6.07, 6.45) is 0. The molecule has 1 aliphatic carbocycles. The summed E-state index contributed by atoms with van der Waals surface area (Å²) in [6, 6.07) is 4.75. The Morgan fingerprint density at radius 1 is 0.875 bits per heavy atom. The minimum Gasteiger partial charge on any atom is -0.0617 e. The third-order valence-corrected chi connectivity index (χ3v) is 4.84. The highest BCUT2D eigenvalue weighted by Crippen LogP contribution is 2.46. The Balaban J connectivity index is 2.59. The van der Waals surface area contributed by atoms with Gasteiger partial charge in [0.15, 0.2) is 0 Å². The molecule has 0 heterocycles. The molecule has 0 spiro atoms. The molecule has 0 saturated carbocycles. The molecule has 1 radical (unpaired) electrons. The summed E-state index contributed by atoms with van der Waals surface area (Å²) >= 11 is 0. The lowest BCUT2D eigenvalue weighted by atomic mass is 9.66. The Hall–Kier alpha value is -0.780. The maximum absolute atomic E-state index is 4.38. The van der Waals surface area contributed by atoms with Gasteiger partial charge in [-0.15, -0.1) is 0 Å². The first-order chi connectivity index (χ1) is 7.43. The van der Waals surface area contributed by atoms with E-state index in [1.807, 2.05) is 0 Å². The molecule has 0 aromatic heterocycles. The maximum atomic E-state index is 4.38. The lowest BCUT2D eigenvalue weighted by Crippen LogP contribution is -2.27. The van der Waals surface area contributed by atoms with Crippen molar-refractivity contribution in [3.05, 3.63) is 41.3 Å². The first-order valence-electron chi connectivity index (χ1n) is 6.37. The molecule has 1 aromatic rings. The van der Waals surface area contributed by atoms with Crippen LogP contribution in [0.2, 0.25) is 0 Å². The van der Waals surface area contributed by atoms with Crippen LogP contribution in [0.25, 0.3) is 0 Å². The summed E-state index contributed by atoms with van der Waals surface area (Å²) in [7, 11) is 0. The molecule has 16 heavy (non-hydrogen) atoms. The topological polar surface area (TPSA) is 0 Å². The van der Waals surface area contributed by atoms with Gasteiger partial charge in [-0.25, -0.2) is 0 Å². The van der Waals surface area contributed by atoms with Crippen LogP contribution in [-0.4, -0.2) is 0 Å². The molecule has 0 nitrogen and oxygen atoms in total. The van der Waals surface area contributed by atoms with Crippen LogP contribution in [0.15, 0.2) is 12.1 Å². The second-order valence-corrected chi connectivity index (χ2v) is 5.68. The van der Waals surface area contributed by atoms with Gasteiger partial charge in [0.1, 0.15) is 0 Å². The van der Waals surface area contributed by atoms with E-state index in [0.29, 0.717) is 17.8 Å². The van der Waals surface area contributed by atoms with Crippen LogP contribution in [0.5, 0.6) is 0 Å². The monoisotopic (exact) mass is 215 g/mol. The highest BCUT2D eigenvalue weighted by molar-refractivity contribution is 5.43. The molecular formula is C16H23. The van der Waals surface area contributed by atoms with Crippen LogP contribution in [0.1, 0.15) is 54.9 Å². The normalized spacial score (nSPS) is 33.6. The van der Waals surface area contributed by atoms with Crippen molar-refractivity contribution in [2.45, 2.75) is 46.5 Å². The average molecular weight is 215 g/mol. The van der Waals surface area contributed by atoms with E-state index in [9.17, 15) is 0 Å². The van der Waals surface area contributed by atoms with Crippen LogP contribution in [0, 0.1) is 32.6 Å². The largest absolute Gasteiger partial charge is 0.0617 e. The van der Waals surface area contributed by atoms with E-state index in [4.69, 9.17) is 0 Å². The Morgan fingerprint density at radius 2 is 1.38 bits per heavy atom. The summed E-state index contributed by atoms with van der Waals surface area (Å²) < 4.78 is 0. The summed E-state index contributed by atoms with van der Waals surface area (Å²) in [5.41, 5.74) is 5.84. The number of aryl methyl sites for hydroxylation is 2. The van der Waals surface area contributed by atoms with Gasteiger partial charge in [0.05, 0.1) is 0 Å². The Bertz CT molecular complexity index is 364. The third kappa shape index (κ3) is 1.59. The fraction of sp³-hybridized carbons (Fsp3) is 0.562. The van der Waals surface area contributed by atoms with E-state index in [1.54, 1.807) is 0 Å². The molecule has 0 fully saturated rings. The number of hydrogen-bond donors (Lipinski definition) is 0. The van der Waals surface area contributed by atoms with Crippen molar-refractivity contribution < 1.29 is 0 Å². The molecule has 0 bridgehead atoms. The van der Waals surface area contributed by atoms with E-state index < -0.39 is 0 Å². The van der Waals surface area contributed by atoms with E-state index >= 15 is 0 Å². The summed E-state index contributed by atoms with van der Waals surface area (Å²) in [6.45, 7) is 15.9. The van der Waals surface area contributed by atoms with Gasteiger partial charge < -0.3 is 0 Å². The summed E-state index contributed by atoms with van der Waals surface area (Å²) in [5.74, 6) is 2.55. The van der Waals surface area contributed by atoms with Gasteiger partial charge in [0.25, 0.3) is 0 Å². The molecule has 0 heteroatoms. The molecule has 1 aromatic carbocycles. The molecule has 4 atom stereocenters. The fourth-order valence-corrected chi connectivity index (χ4v) is 2.96. The molecule has 2 rings (SSSR count). The van der Waals surface area contributed by atoms with Crippen LogP contribution in [0.3, 0.4) is 0 Å². The fourth-order valence-electron chi connectivity index (χ4n) is 2.96. The van der Waals surface area contributed by atoms with Crippen molar-refractivity contribution in [3.8, 4) is 0 Å². The van der Waals surface area contributed by atoms with Crippen LogP contribution < -0.4 is 0 Å². The minimum atomic E-state index is 0.459. The SMILES string of the molecule is [CH2]C1c2cc(C)c(C)cc2C(C)C(C)C1C. The van der Waals surface area contributed by atoms with E-state index in [-0.39, 0.29) is 0 Å². The van der Waals surface area contributed by atoms with Gasteiger partial charge in [-0.3, -0.25) is 0 Å². The van der Waals surface area contributed by atoms with Gasteiger partial charge in [0, 0.05) is 0 Å². The van der Waals surface area contributed by atoms with Crippen LogP contribution >= 0.6 is 0 Å². The van der Waals surface area contributed by atoms with Crippen molar-refractivity contribution in [2.24, 2.45) is 11.8 Å². The average Bonchev–Trinajstić information content (AvgIpc) is 2.26. The quantitative estimate of drug-likeness (QED) is 0.593. The van der Waals surface area contributed by atoms with Crippen LogP contribution in [0.4, 0.5) is 0 Å². The number of hydrogen-bond acceptors (Lipinski definition) is 0. The second-order valence-electron chi connectivity index (χ2n) is 5.68. The Morgan fingerprint density at radius 3 is 1.94 bits per heavy atom.